The highest BCUT2D eigenvalue weighted by Crippen LogP contribution is 2.69. The predicted octanol–water partition coefficient (Wildman–Crippen LogP) is 4.95. The maximum absolute atomic E-state index is 12.9. The lowest BCUT2D eigenvalue weighted by Gasteiger charge is -2.64. The number of hydrogen-bond donors (Lipinski definition) is 3. The Morgan fingerprint density at radius 2 is 1.68 bits per heavy atom. The minimum Gasteiger partial charge on any atom is -0.449 e. The van der Waals surface area contributed by atoms with Crippen LogP contribution >= 0.6 is 0 Å². The first kappa shape index (κ1) is 32.1. The van der Waals surface area contributed by atoms with Crippen LogP contribution in [0, 0.1) is 46.3 Å². The molecule has 5 fully saturated rings. The minimum absolute atomic E-state index is 0.0224. The quantitative estimate of drug-likeness (QED) is 0.386. The summed E-state index contributed by atoms with van der Waals surface area (Å²) in [6.07, 6.45) is 7.10. The van der Waals surface area contributed by atoms with E-state index >= 15 is 0 Å². The molecule has 9 nitrogen and oxygen atoms in total. The second-order valence-electron chi connectivity index (χ2n) is 14.8. The molecule has 0 spiro atoms. The molecule has 1 aromatic rings. The van der Waals surface area contributed by atoms with E-state index in [0.29, 0.717) is 43.3 Å². The minimum atomic E-state index is -4.05. The summed E-state index contributed by atoms with van der Waals surface area (Å²) in [4.78, 5) is 14.7. The van der Waals surface area contributed by atoms with Crippen molar-refractivity contribution in [3.63, 3.8) is 0 Å². The molecule has 1 saturated heterocycles. The Kier molecular flexibility index (Phi) is 9.02. The number of nitrogens with zero attached hydrogens (tertiary/aromatic N) is 1. The second-order valence-corrected chi connectivity index (χ2v) is 16.5. The monoisotopic (exact) mass is 632 g/mol. The number of aliphatic hydroxyl groups is 2. The van der Waals surface area contributed by atoms with Gasteiger partial charge in [0.1, 0.15) is 0 Å². The van der Waals surface area contributed by atoms with Gasteiger partial charge in [-0.15, -0.1) is 0 Å². The molecule has 0 bridgehead atoms. The Balaban J connectivity index is 1.05. The summed E-state index contributed by atoms with van der Waals surface area (Å²) in [5.74, 6) is 2.13. The number of rotatable bonds is 7. The van der Waals surface area contributed by atoms with Gasteiger partial charge in [0.05, 0.1) is 36.9 Å². The van der Waals surface area contributed by atoms with E-state index in [2.05, 4.69) is 30.4 Å². The molecule has 0 unspecified atom stereocenters. The number of morpholine rings is 1. The first-order valence-electron chi connectivity index (χ1n) is 17.0. The van der Waals surface area contributed by atoms with E-state index in [1.807, 2.05) is 0 Å². The van der Waals surface area contributed by atoms with Crippen LogP contribution in [0.15, 0.2) is 29.2 Å². The largest absolute Gasteiger partial charge is 0.449 e. The lowest BCUT2D eigenvalue weighted by molar-refractivity contribution is -0.202. The molecule has 5 aliphatic rings. The number of benzene rings is 1. The Morgan fingerprint density at radius 1 is 1.00 bits per heavy atom. The van der Waals surface area contributed by atoms with E-state index in [9.17, 15) is 23.4 Å². The molecule has 1 aliphatic heterocycles. The number of sulfonamides is 1. The number of carbonyl (C=O) groups excluding carboxylic acids is 1. The van der Waals surface area contributed by atoms with Gasteiger partial charge in [-0.05, 0) is 122 Å². The topological polar surface area (TPSA) is 125 Å². The van der Waals surface area contributed by atoms with E-state index in [-0.39, 0.29) is 46.4 Å². The van der Waals surface area contributed by atoms with E-state index in [1.165, 1.54) is 12.1 Å². The van der Waals surface area contributed by atoms with E-state index in [1.54, 1.807) is 12.1 Å². The fourth-order valence-electron chi connectivity index (χ4n) is 10.7. The molecule has 1 heterocycles. The second kappa shape index (κ2) is 12.4. The van der Waals surface area contributed by atoms with Crippen molar-refractivity contribution in [2.24, 2.45) is 46.3 Å². The van der Waals surface area contributed by atoms with Crippen LogP contribution in [0.4, 0.5) is 10.5 Å². The van der Waals surface area contributed by atoms with Crippen molar-refractivity contribution < 1.29 is 32.9 Å². The molecule has 0 aromatic heterocycles. The maximum Gasteiger partial charge on any atom is 0.421 e. The SMILES string of the molecule is CC[C@H]1[C@@H](O)[C@@H]2[C@H](CC[C@]3(C)[C@@H](CCOC(=O)NS(=O)(=O)c4ccc(N5CCOCC5)cc4)CC[C@@H]23)[C@@]2(C)CC[C@@H](O)C[C@@H]12. The van der Waals surface area contributed by atoms with Crippen molar-refractivity contribution in [2.75, 3.05) is 37.8 Å². The van der Waals surface area contributed by atoms with Gasteiger partial charge in [0.15, 0.2) is 0 Å². The maximum atomic E-state index is 12.9. The summed E-state index contributed by atoms with van der Waals surface area (Å²) in [6.45, 7) is 9.97. The van der Waals surface area contributed by atoms with E-state index in [4.69, 9.17) is 9.47 Å². The van der Waals surface area contributed by atoms with Crippen LogP contribution in [0.3, 0.4) is 0 Å². The van der Waals surface area contributed by atoms with Gasteiger partial charge in [-0.3, -0.25) is 0 Å². The molecule has 4 aliphatic carbocycles. The zero-order valence-corrected chi connectivity index (χ0v) is 27.4. The van der Waals surface area contributed by atoms with Crippen molar-refractivity contribution in [3.8, 4) is 0 Å². The molecule has 3 N–H and O–H groups in total. The molecule has 44 heavy (non-hydrogen) atoms. The van der Waals surface area contributed by atoms with Crippen LogP contribution in [0.5, 0.6) is 0 Å². The number of fused-ring (bicyclic) bond motifs is 5. The third-order valence-corrected chi connectivity index (χ3v) is 14.4. The summed E-state index contributed by atoms with van der Waals surface area (Å²) in [6, 6.07) is 6.52. The van der Waals surface area contributed by atoms with E-state index in [0.717, 1.165) is 70.1 Å². The molecular weight excluding hydrogens is 580 g/mol. The summed E-state index contributed by atoms with van der Waals surface area (Å²) in [5, 5.41) is 22.4. The van der Waals surface area contributed by atoms with Crippen LogP contribution in [0.25, 0.3) is 0 Å². The van der Waals surface area contributed by atoms with Gasteiger partial charge in [0.2, 0.25) is 0 Å². The molecule has 4 saturated carbocycles. The highest BCUT2D eigenvalue weighted by molar-refractivity contribution is 7.90. The van der Waals surface area contributed by atoms with Gasteiger partial charge >= 0.3 is 6.09 Å². The first-order valence-corrected chi connectivity index (χ1v) is 18.4. The fourth-order valence-corrected chi connectivity index (χ4v) is 11.6. The summed E-state index contributed by atoms with van der Waals surface area (Å²) >= 11 is 0. The first-order chi connectivity index (χ1) is 21.0. The van der Waals surface area contributed by atoms with Crippen molar-refractivity contribution in [3.05, 3.63) is 24.3 Å². The summed E-state index contributed by atoms with van der Waals surface area (Å²) in [5.41, 5.74) is 1.15. The number of amides is 1. The van der Waals surface area contributed by atoms with Crippen molar-refractivity contribution >= 4 is 21.8 Å². The van der Waals surface area contributed by atoms with Gasteiger partial charge in [-0.1, -0.05) is 27.2 Å². The zero-order chi connectivity index (χ0) is 31.3. The zero-order valence-electron chi connectivity index (χ0n) is 26.6. The number of anilines is 1. The Morgan fingerprint density at radius 3 is 2.39 bits per heavy atom. The van der Waals surface area contributed by atoms with Crippen LogP contribution in [0.1, 0.15) is 78.6 Å². The number of nitrogens with one attached hydrogen (secondary N) is 1. The standard InChI is InChI=1S/C34H52N2O7S/c1-4-26-29-21-24(37)11-14-34(29,3)28-12-15-33(2)22(5-10-27(33)30(28)31(26)38)13-18-43-32(39)35-44(40,41)25-8-6-23(7-9-25)36-16-19-42-20-17-36/h6-9,22,24,26-31,37-38H,4-5,10-21H2,1-3H3,(H,35,39)/t22-,24-,26-,27+,28+,29+,30+,31-,33-,34-/m1/s1. The molecule has 246 valence electrons. The molecule has 10 atom stereocenters. The molecule has 0 radical (unpaired) electrons. The van der Waals surface area contributed by atoms with Gasteiger partial charge in [0, 0.05) is 18.8 Å². The average Bonchev–Trinajstić information content (AvgIpc) is 3.34. The van der Waals surface area contributed by atoms with Gasteiger partial charge in [-0.2, -0.15) is 0 Å². The fraction of sp³-hybridized carbons (Fsp3) is 0.794. The lowest BCUT2D eigenvalue weighted by Crippen LogP contribution is -2.62. The number of aliphatic hydroxyl groups excluding tert-OH is 2. The highest BCUT2D eigenvalue weighted by Gasteiger charge is 2.64. The highest BCUT2D eigenvalue weighted by atomic mass is 32.2. The smallest absolute Gasteiger partial charge is 0.421 e. The van der Waals surface area contributed by atoms with Crippen LogP contribution in [-0.2, 0) is 19.5 Å². The average molecular weight is 633 g/mol. The van der Waals surface area contributed by atoms with Crippen LogP contribution < -0.4 is 9.62 Å². The van der Waals surface area contributed by atoms with Crippen molar-refractivity contribution in [2.45, 2.75) is 95.7 Å². The van der Waals surface area contributed by atoms with Gasteiger partial charge in [0.25, 0.3) is 10.0 Å². The third kappa shape index (κ3) is 5.66. The molecule has 6 rings (SSSR count). The molecule has 10 heteroatoms. The van der Waals surface area contributed by atoms with Crippen molar-refractivity contribution in [1.29, 1.82) is 0 Å². The summed E-state index contributed by atoms with van der Waals surface area (Å²) < 4.78 is 38.6. The Labute approximate surface area is 263 Å². The predicted molar refractivity (Wildman–Crippen MR) is 168 cm³/mol. The Bertz CT molecular complexity index is 1280. The van der Waals surface area contributed by atoms with Crippen LogP contribution in [0.2, 0.25) is 0 Å². The summed E-state index contributed by atoms with van der Waals surface area (Å²) in [7, 11) is -4.05. The van der Waals surface area contributed by atoms with E-state index < -0.39 is 16.1 Å². The molecule has 1 aromatic carbocycles. The number of ether oxygens (including phenoxy) is 2. The van der Waals surface area contributed by atoms with Gasteiger partial charge < -0.3 is 24.6 Å². The third-order valence-electron chi connectivity index (χ3n) is 13.0. The van der Waals surface area contributed by atoms with Crippen LogP contribution in [-0.4, -0.2) is 69.8 Å². The Hall–Kier alpha value is -1.88. The number of carbonyl (C=O) groups is 1. The lowest BCUT2D eigenvalue weighted by atomic mass is 9.41. The number of hydrogen-bond acceptors (Lipinski definition) is 8. The van der Waals surface area contributed by atoms with Gasteiger partial charge in [-0.25, -0.2) is 17.9 Å². The normalized spacial score (nSPS) is 40.4. The molecule has 1 amide bonds. The van der Waals surface area contributed by atoms with Crippen molar-refractivity contribution in [1.82, 2.24) is 4.72 Å². The molecular formula is C34H52N2O7S.